The summed E-state index contributed by atoms with van der Waals surface area (Å²) in [7, 11) is 0. The number of carbonyl (C=O) groups is 1. The van der Waals surface area contributed by atoms with E-state index in [1.54, 1.807) is 22.9 Å². The van der Waals surface area contributed by atoms with Crippen molar-refractivity contribution in [2.24, 2.45) is 0 Å². The predicted molar refractivity (Wildman–Crippen MR) is 86.5 cm³/mol. The first kappa shape index (κ1) is 15.0. The first-order chi connectivity index (χ1) is 11.2. The number of nitrogens with zero attached hydrogens (tertiary/aromatic N) is 3. The Morgan fingerprint density at radius 1 is 1.17 bits per heavy atom. The molecule has 3 aromatic rings. The van der Waals surface area contributed by atoms with Crippen LogP contribution < -0.4 is 4.74 Å². The number of para-hydroxylation sites is 1. The molecule has 5 nitrogen and oxygen atoms in total. The van der Waals surface area contributed by atoms with E-state index in [0.29, 0.717) is 17.9 Å². The third-order valence-electron chi connectivity index (χ3n) is 3.43. The first-order valence-corrected chi connectivity index (χ1v) is 7.36. The summed E-state index contributed by atoms with van der Waals surface area (Å²) in [5.41, 5.74) is 3.64. The Bertz CT molecular complexity index is 811. The lowest BCUT2D eigenvalue weighted by Gasteiger charge is -2.05. The van der Waals surface area contributed by atoms with Gasteiger partial charge in [-0.2, -0.15) is 0 Å². The van der Waals surface area contributed by atoms with Gasteiger partial charge in [-0.15, -0.1) is 5.10 Å². The van der Waals surface area contributed by atoms with E-state index >= 15 is 0 Å². The van der Waals surface area contributed by atoms with E-state index in [1.807, 2.05) is 18.3 Å². The number of aryl methyl sites for hydroxylation is 1. The minimum Gasteiger partial charge on any atom is -0.486 e. The van der Waals surface area contributed by atoms with Crippen LogP contribution in [-0.4, -0.2) is 21.3 Å². The van der Waals surface area contributed by atoms with Gasteiger partial charge in [0.05, 0.1) is 18.3 Å². The SMILES string of the molecule is Cc1cccc(Cn2cc(COc3ccccc3C=O)nn2)c1. The van der Waals surface area contributed by atoms with Gasteiger partial charge in [-0.1, -0.05) is 47.2 Å². The second-order valence-corrected chi connectivity index (χ2v) is 5.34. The summed E-state index contributed by atoms with van der Waals surface area (Å²) in [6.45, 7) is 3.01. The summed E-state index contributed by atoms with van der Waals surface area (Å²) < 4.78 is 7.43. The molecule has 0 aliphatic heterocycles. The van der Waals surface area contributed by atoms with Gasteiger partial charge in [0.25, 0.3) is 0 Å². The number of rotatable bonds is 6. The molecule has 116 valence electrons. The maximum absolute atomic E-state index is 11.0. The molecule has 0 spiro atoms. The van der Waals surface area contributed by atoms with Crippen LogP contribution >= 0.6 is 0 Å². The molecule has 5 heteroatoms. The second kappa shape index (κ2) is 6.87. The zero-order chi connectivity index (χ0) is 16.1. The van der Waals surface area contributed by atoms with Crippen molar-refractivity contribution in [1.29, 1.82) is 0 Å². The van der Waals surface area contributed by atoms with Gasteiger partial charge in [-0.25, -0.2) is 4.68 Å². The Morgan fingerprint density at radius 3 is 2.87 bits per heavy atom. The van der Waals surface area contributed by atoms with E-state index in [1.165, 1.54) is 11.1 Å². The van der Waals surface area contributed by atoms with Gasteiger partial charge >= 0.3 is 0 Å². The average molecular weight is 307 g/mol. The highest BCUT2D eigenvalue weighted by Crippen LogP contribution is 2.17. The fourth-order valence-electron chi connectivity index (χ4n) is 2.34. The molecule has 1 heterocycles. The van der Waals surface area contributed by atoms with E-state index in [-0.39, 0.29) is 6.61 Å². The molecule has 0 N–H and O–H groups in total. The average Bonchev–Trinajstić information content (AvgIpc) is 3.00. The van der Waals surface area contributed by atoms with E-state index in [2.05, 4.69) is 35.4 Å². The molecule has 3 rings (SSSR count). The van der Waals surface area contributed by atoms with Crippen LogP contribution in [0.1, 0.15) is 27.2 Å². The lowest BCUT2D eigenvalue weighted by atomic mass is 10.1. The van der Waals surface area contributed by atoms with Gasteiger partial charge < -0.3 is 4.74 Å². The van der Waals surface area contributed by atoms with Crippen molar-refractivity contribution in [2.45, 2.75) is 20.1 Å². The molecule has 1 aromatic heterocycles. The van der Waals surface area contributed by atoms with Crippen molar-refractivity contribution in [2.75, 3.05) is 0 Å². The van der Waals surface area contributed by atoms with Crippen molar-refractivity contribution in [1.82, 2.24) is 15.0 Å². The molecule has 2 aromatic carbocycles. The lowest BCUT2D eigenvalue weighted by molar-refractivity contribution is 0.111. The van der Waals surface area contributed by atoms with Crippen LogP contribution in [0.25, 0.3) is 0 Å². The van der Waals surface area contributed by atoms with Gasteiger partial charge in [-0.3, -0.25) is 4.79 Å². The largest absolute Gasteiger partial charge is 0.486 e. The molecular formula is C18H17N3O2. The summed E-state index contributed by atoms with van der Waals surface area (Å²) in [6.07, 6.45) is 2.63. The Labute approximate surface area is 134 Å². The third-order valence-corrected chi connectivity index (χ3v) is 3.43. The zero-order valence-corrected chi connectivity index (χ0v) is 12.8. The molecule has 0 saturated heterocycles. The van der Waals surface area contributed by atoms with Crippen LogP contribution in [0, 0.1) is 6.92 Å². The number of carbonyl (C=O) groups excluding carboxylic acids is 1. The van der Waals surface area contributed by atoms with Crippen molar-refractivity contribution in [3.63, 3.8) is 0 Å². The predicted octanol–water partition coefficient (Wildman–Crippen LogP) is 3.03. The standard InChI is InChI=1S/C18H17N3O2/c1-14-5-4-6-15(9-14)10-21-11-17(19-20-21)13-23-18-8-3-2-7-16(18)12-22/h2-9,11-12H,10,13H2,1H3. The molecule has 0 saturated carbocycles. The van der Waals surface area contributed by atoms with Gasteiger partial charge in [0.2, 0.25) is 0 Å². The maximum atomic E-state index is 11.0. The summed E-state index contributed by atoms with van der Waals surface area (Å²) in [5, 5.41) is 8.22. The molecule has 0 atom stereocenters. The molecule has 0 bridgehead atoms. The number of hydrogen-bond donors (Lipinski definition) is 0. The lowest BCUT2D eigenvalue weighted by Crippen LogP contribution is -2.00. The number of aldehydes is 1. The van der Waals surface area contributed by atoms with E-state index < -0.39 is 0 Å². The molecule has 0 unspecified atom stereocenters. The zero-order valence-electron chi connectivity index (χ0n) is 12.8. The van der Waals surface area contributed by atoms with Gasteiger partial charge in [-0.05, 0) is 24.6 Å². The highest BCUT2D eigenvalue weighted by molar-refractivity contribution is 5.79. The molecule has 0 aliphatic carbocycles. The Kier molecular flexibility index (Phi) is 4.47. The quantitative estimate of drug-likeness (QED) is 0.657. The van der Waals surface area contributed by atoms with Crippen LogP contribution in [0.3, 0.4) is 0 Å². The smallest absolute Gasteiger partial charge is 0.153 e. The number of aromatic nitrogens is 3. The molecule has 0 fully saturated rings. The van der Waals surface area contributed by atoms with Crippen LogP contribution in [-0.2, 0) is 13.2 Å². The van der Waals surface area contributed by atoms with E-state index in [4.69, 9.17) is 4.74 Å². The van der Waals surface area contributed by atoms with E-state index in [9.17, 15) is 4.79 Å². The van der Waals surface area contributed by atoms with Crippen molar-refractivity contribution in [3.8, 4) is 5.75 Å². The normalized spacial score (nSPS) is 10.5. The van der Waals surface area contributed by atoms with Gasteiger partial charge in [0, 0.05) is 0 Å². The maximum Gasteiger partial charge on any atom is 0.153 e. The van der Waals surface area contributed by atoms with Crippen LogP contribution in [0.4, 0.5) is 0 Å². The monoisotopic (exact) mass is 307 g/mol. The van der Waals surface area contributed by atoms with Crippen molar-refractivity contribution in [3.05, 3.63) is 77.1 Å². The minimum atomic E-state index is 0.276. The Morgan fingerprint density at radius 2 is 2.04 bits per heavy atom. The first-order valence-electron chi connectivity index (χ1n) is 7.36. The van der Waals surface area contributed by atoms with E-state index in [0.717, 1.165) is 12.0 Å². The summed E-state index contributed by atoms with van der Waals surface area (Å²) in [4.78, 5) is 11.0. The highest BCUT2D eigenvalue weighted by Gasteiger charge is 2.05. The molecular weight excluding hydrogens is 290 g/mol. The van der Waals surface area contributed by atoms with Crippen LogP contribution in [0.5, 0.6) is 5.75 Å². The third kappa shape index (κ3) is 3.83. The Hall–Kier alpha value is -2.95. The van der Waals surface area contributed by atoms with Crippen LogP contribution in [0.2, 0.25) is 0 Å². The highest BCUT2D eigenvalue weighted by atomic mass is 16.5. The molecule has 23 heavy (non-hydrogen) atoms. The number of hydrogen-bond acceptors (Lipinski definition) is 4. The van der Waals surface area contributed by atoms with Crippen molar-refractivity contribution < 1.29 is 9.53 Å². The van der Waals surface area contributed by atoms with Gasteiger partial charge in [0.15, 0.2) is 6.29 Å². The fraction of sp³-hybridized carbons (Fsp3) is 0.167. The summed E-state index contributed by atoms with van der Waals surface area (Å²) >= 11 is 0. The molecule has 0 amide bonds. The fourth-order valence-corrected chi connectivity index (χ4v) is 2.34. The molecule has 0 radical (unpaired) electrons. The minimum absolute atomic E-state index is 0.276. The van der Waals surface area contributed by atoms with Crippen molar-refractivity contribution >= 4 is 6.29 Å². The summed E-state index contributed by atoms with van der Waals surface area (Å²) in [6, 6.07) is 15.4. The van der Waals surface area contributed by atoms with Gasteiger partial charge in [0.1, 0.15) is 18.1 Å². The van der Waals surface area contributed by atoms with Crippen LogP contribution in [0.15, 0.2) is 54.7 Å². The summed E-state index contributed by atoms with van der Waals surface area (Å²) in [5.74, 6) is 0.552. The number of benzene rings is 2. The second-order valence-electron chi connectivity index (χ2n) is 5.34. The molecule has 0 aliphatic rings. The number of ether oxygens (including phenoxy) is 1. The topological polar surface area (TPSA) is 57.0 Å². The Balaban J connectivity index is 1.64.